The fourth-order valence-electron chi connectivity index (χ4n) is 2.24. The Kier molecular flexibility index (Phi) is 2.49. The van der Waals surface area contributed by atoms with Crippen LogP contribution in [-0.2, 0) is 17.8 Å². The van der Waals surface area contributed by atoms with Crippen molar-refractivity contribution in [3.05, 3.63) is 17.5 Å². The van der Waals surface area contributed by atoms with Gasteiger partial charge >= 0.3 is 0 Å². The van der Waals surface area contributed by atoms with Gasteiger partial charge in [0.1, 0.15) is 0 Å². The quantitative estimate of drug-likeness (QED) is 0.726. The van der Waals surface area contributed by atoms with Crippen molar-refractivity contribution in [1.82, 2.24) is 9.97 Å². The zero-order valence-electron chi connectivity index (χ0n) is 9.22. The molecule has 16 heavy (non-hydrogen) atoms. The first-order valence-electron chi connectivity index (χ1n) is 5.76. The van der Waals surface area contributed by atoms with Gasteiger partial charge in [-0.25, -0.2) is 9.97 Å². The van der Waals surface area contributed by atoms with Crippen molar-refractivity contribution in [3.8, 4) is 0 Å². The van der Waals surface area contributed by atoms with Gasteiger partial charge in [0.05, 0.1) is 18.9 Å². The van der Waals surface area contributed by atoms with Gasteiger partial charge in [-0.2, -0.15) is 0 Å². The van der Waals surface area contributed by atoms with Crippen LogP contribution >= 0.6 is 0 Å². The van der Waals surface area contributed by atoms with Gasteiger partial charge in [-0.15, -0.1) is 0 Å². The molecule has 5 heteroatoms. The zero-order chi connectivity index (χ0) is 11.0. The Bertz CT molecular complexity index is 396. The first kappa shape index (κ1) is 9.99. The first-order valence-corrected chi connectivity index (χ1v) is 5.76. The molecule has 0 spiro atoms. The van der Waals surface area contributed by atoms with Crippen molar-refractivity contribution in [2.45, 2.75) is 25.5 Å². The molecule has 1 unspecified atom stereocenters. The maximum atomic E-state index is 5.88. The van der Waals surface area contributed by atoms with E-state index >= 15 is 0 Å². The Hall–Kier alpha value is -1.20. The zero-order valence-corrected chi connectivity index (χ0v) is 9.22. The fourth-order valence-corrected chi connectivity index (χ4v) is 2.24. The fraction of sp³-hybridized carbons (Fsp3) is 0.636. The van der Waals surface area contributed by atoms with Gasteiger partial charge in [0, 0.05) is 37.3 Å². The summed E-state index contributed by atoms with van der Waals surface area (Å²) in [6.45, 7) is 3.25. The highest BCUT2D eigenvalue weighted by Crippen LogP contribution is 2.19. The summed E-state index contributed by atoms with van der Waals surface area (Å²) < 4.78 is 5.36. The molecule has 1 fully saturated rings. The molecule has 3 heterocycles. The minimum Gasteiger partial charge on any atom is -0.376 e. The Morgan fingerprint density at radius 2 is 2.44 bits per heavy atom. The number of anilines is 1. The molecule has 0 aromatic carbocycles. The van der Waals surface area contributed by atoms with Crippen LogP contribution in [0.4, 0.5) is 5.95 Å². The van der Waals surface area contributed by atoms with Gasteiger partial charge in [-0.3, -0.25) is 0 Å². The van der Waals surface area contributed by atoms with Gasteiger partial charge in [0.15, 0.2) is 0 Å². The summed E-state index contributed by atoms with van der Waals surface area (Å²) in [6.07, 6.45) is 3.81. The summed E-state index contributed by atoms with van der Waals surface area (Å²) in [4.78, 5) is 11.2. The lowest BCUT2D eigenvalue weighted by molar-refractivity contribution is 0.109. The highest BCUT2D eigenvalue weighted by atomic mass is 16.5. The lowest BCUT2D eigenvalue weighted by atomic mass is 10.1. The molecule has 1 aromatic rings. The predicted molar refractivity (Wildman–Crippen MR) is 60.2 cm³/mol. The Balaban J connectivity index is 1.85. The average molecular weight is 220 g/mol. The van der Waals surface area contributed by atoms with E-state index in [1.807, 2.05) is 6.20 Å². The van der Waals surface area contributed by atoms with E-state index in [1.54, 1.807) is 0 Å². The standard InChI is InChI=1S/C11H16N4O/c12-9-1-3-15(6-9)11-13-5-8-7-16-4-2-10(8)14-11/h5,9H,1-4,6-7,12H2. The van der Waals surface area contributed by atoms with E-state index in [4.69, 9.17) is 10.5 Å². The third kappa shape index (κ3) is 1.76. The van der Waals surface area contributed by atoms with E-state index in [1.165, 1.54) is 0 Å². The first-order chi connectivity index (χ1) is 7.83. The van der Waals surface area contributed by atoms with E-state index in [-0.39, 0.29) is 6.04 Å². The second-order valence-electron chi connectivity index (χ2n) is 4.44. The molecule has 0 bridgehead atoms. The number of rotatable bonds is 1. The number of aromatic nitrogens is 2. The Morgan fingerprint density at radius 1 is 1.50 bits per heavy atom. The normalized spacial score (nSPS) is 24.6. The molecule has 1 saturated heterocycles. The maximum absolute atomic E-state index is 5.88. The summed E-state index contributed by atoms with van der Waals surface area (Å²) in [5.41, 5.74) is 8.14. The third-order valence-electron chi connectivity index (χ3n) is 3.19. The minimum absolute atomic E-state index is 0.267. The Morgan fingerprint density at radius 3 is 3.25 bits per heavy atom. The molecule has 1 atom stereocenters. The van der Waals surface area contributed by atoms with E-state index < -0.39 is 0 Å². The largest absolute Gasteiger partial charge is 0.376 e. The number of hydrogen-bond acceptors (Lipinski definition) is 5. The van der Waals surface area contributed by atoms with Crippen LogP contribution in [0.2, 0.25) is 0 Å². The van der Waals surface area contributed by atoms with Gasteiger partial charge in [-0.05, 0) is 6.42 Å². The number of ether oxygens (including phenoxy) is 1. The van der Waals surface area contributed by atoms with Crippen molar-refractivity contribution < 1.29 is 4.74 Å². The van der Waals surface area contributed by atoms with Gasteiger partial charge in [-0.1, -0.05) is 0 Å². The molecule has 2 aliphatic rings. The van der Waals surface area contributed by atoms with Crippen molar-refractivity contribution in [2.24, 2.45) is 5.73 Å². The number of nitrogens with zero attached hydrogens (tertiary/aromatic N) is 3. The highest BCUT2D eigenvalue weighted by Gasteiger charge is 2.22. The van der Waals surface area contributed by atoms with Crippen LogP contribution < -0.4 is 10.6 Å². The minimum atomic E-state index is 0.267. The van der Waals surface area contributed by atoms with Gasteiger partial charge in [0.25, 0.3) is 0 Å². The summed E-state index contributed by atoms with van der Waals surface area (Å²) >= 11 is 0. The molecule has 0 saturated carbocycles. The van der Waals surface area contributed by atoms with E-state index in [2.05, 4.69) is 14.9 Å². The maximum Gasteiger partial charge on any atom is 0.225 e. The van der Waals surface area contributed by atoms with E-state index in [0.717, 1.165) is 49.7 Å². The second kappa shape index (κ2) is 3.99. The number of nitrogens with two attached hydrogens (primary N) is 1. The monoisotopic (exact) mass is 220 g/mol. The van der Waals surface area contributed by atoms with Gasteiger partial charge < -0.3 is 15.4 Å². The van der Waals surface area contributed by atoms with Crippen LogP contribution in [0.1, 0.15) is 17.7 Å². The van der Waals surface area contributed by atoms with Crippen LogP contribution in [0.5, 0.6) is 0 Å². The summed E-state index contributed by atoms with van der Waals surface area (Å²) in [5, 5.41) is 0. The molecule has 86 valence electrons. The lowest BCUT2D eigenvalue weighted by Gasteiger charge is -2.20. The molecule has 2 N–H and O–H groups in total. The molecule has 0 aliphatic carbocycles. The molecular formula is C11H16N4O. The summed E-state index contributed by atoms with van der Waals surface area (Å²) in [5.74, 6) is 0.827. The molecule has 3 rings (SSSR count). The van der Waals surface area contributed by atoms with Crippen LogP contribution in [-0.4, -0.2) is 35.7 Å². The van der Waals surface area contributed by atoms with Crippen molar-refractivity contribution in [2.75, 3.05) is 24.6 Å². The molecule has 0 radical (unpaired) electrons. The number of fused-ring (bicyclic) bond motifs is 1. The van der Waals surface area contributed by atoms with Crippen molar-refractivity contribution in [1.29, 1.82) is 0 Å². The van der Waals surface area contributed by atoms with Crippen molar-refractivity contribution in [3.63, 3.8) is 0 Å². The topological polar surface area (TPSA) is 64.3 Å². The van der Waals surface area contributed by atoms with E-state index in [0.29, 0.717) is 6.61 Å². The van der Waals surface area contributed by atoms with Gasteiger partial charge in [0.2, 0.25) is 5.95 Å². The van der Waals surface area contributed by atoms with Crippen LogP contribution in [0, 0.1) is 0 Å². The predicted octanol–water partition coefficient (Wildman–Crippen LogP) is 0.0867. The van der Waals surface area contributed by atoms with E-state index in [9.17, 15) is 0 Å². The van der Waals surface area contributed by atoms with Crippen LogP contribution in [0.25, 0.3) is 0 Å². The van der Waals surface area contributed by atoms with Crippen LogP contribution in [0.15, 0.2) is 6.20 Å². The SMILES string of the molecule is NC1CCN(c2ncc3c(n2)CCOC3)C1. The molecule has 5 nitrogen and oxygen atoms in total. The molecule has 0 amide bonds. The molecule has 2 aliphatic heterocycles. The summed E-state index contributed by atoms with van der Waals surface area (Å²) in [6, 6.07) is 0.267. The highest BCUT2D eigenvalue weighted by molar-refractivity contribution is 5.35. The van der Waals surface area contributed by atoms with Crippen LogP contribution in [0.3, 0.4) is 0 Å². The molecule has 1 aromatic heterocycles. The lowest BCUT2D eigenvalue weighted by Crippen LogP contribution is -2.28. The second-order valence-corrected chi connectivity index (χ2v) is 4.44. The third-order valence-corrected chi connectivity index (χ3v) is 3.19. The average Bonchev–Trinajstić information content (AvgIpc) is 2.75. The van der Waals surface area contributed by atoms with Crippen molar-refractivity contribution >= 4 is 5.95 Å². The summed E-state index contributed by atoms with van der Waals surface area (Å²) in [7, 11) is 0. The number of hydrogen-bond donors (Lipinski definition) is 1. The smallest absolute Gasteiger partial charge is 0.225 e. The molecular weight excluding hydrogens is 204 g/mol. The Labute approximate surface area is 94.6 Å².